The van der Waals surface area contributed by atoms with Gasteiger partial charge in [-0.15, -0.1) is 0 Å². The van der Waals surface area contributed by atoms with Crippen LogP contribution in [0.3, 0.4) is 0 Å². The second-order valence-corrected chi connectivity index (χ2v) is 8.10. The fraction of sp³-hybridized carbons (Fsp3) is 0.542. The van der Waals surface area contributed by atoms with E-state index in [0.717, 1.165) is 37.8 Å². The molecule has 2 aromatic rings. The van der Waals surface area contributed by atoms with Crippen LogP contribution in [0, 0.1) is 5.92 Å². The van der Waals surface area contributed by atoms with Crippen LogP contribution < -0.4 is 0 Å². The third kappa shape index (κ3) is 7.01. The minimum atomic E-state index is -0.738. The van der Waals surface area contributed by atoms with Gasteiger partial charge in [0, 0.05) is 24.7 Å². The van der Waals surface area contributed by atoms with E-state index in [0.29, 0.717) is 18.9 Å². The highest BCUT2D eigenvalue weighted by Crippen LogP contribution is 2.31. The molecule has 3 rings (SSSR count). The number of aliphatic carboxylic acids is 1. The van der Waals surface area contributed by atoms with Crippen LogP contribution in [0.4, 0.5) is 0 Å². The van der Waals surface area contributed by atoms with E-state index in [4.69, 9.17) is 9.94 Å². The van der Waals surface area contributed by atoms with Crippen molar-refractivity contribution in [3.63, 3.8) is 0 Å². The lowest BCUT2D eigenvalue weighted by Crippen LogP contribution is -2.29. The Morgan fingerprint density at radius 3 is 2.67 bits per heavy atom. The van der Waals surface area contributed by atoms with Crippen molar-refractivity contribution in [3.05, 3.63) is 54.6 Å². The maximum atomic E-state index is 10.6. The monoisotopic (exact) mass is 411 g/mol. The van der Waals surface area contributed by atoms with Crippen LogP contribution in [0.25, 0.3) is 0 Å². The SMILES string of the molecule is O=C(O)CCCCCON=C(C1CCCCC1)C(Cc1ccccc1)n1ccnc1. The summed E-state index contributed by atoms with van der Waals surface area (Å²) in [6.45, 7) is 0.526. The molecule has 1 aliphatic carbocycles. The summed E-state index contributed by atoms with van der Waals surface area (Å²) in [4.78, 5) is 20.7. The Kier molecular flexibility index (Phi) is 8.94. The molecular weight excluding hydrogens is 378 g/mol. The van der Waals surface area contributed by atoms with E-state index in [2.05, 4.69) is 39.0 Å². The Bertz CT molecular complexity index is 768. The number of rotatable bonds is 12. The van der Waals surface area contributed by atoms with Crippen LogP contribution in [0.5, 0.6) is 0 Å². The van der Waals surface area contributed by atoms with E-state index in [1.807, 2.05) is 24.8 Å². The van der Waals surface area contributed by atoms with Gasteiger partial charge in [-0.1, -0.05) is 54.8 Å². The molecule has 6 nitrogen and oxygen atoms in total. The quantitative estimate of drug-likeness (QED) is 0.293. The summed E-state index contributed by atoms with van der Waals surface area (Å²) in [5.41, 5.74) is 2.38. The Hall–Kier alpha value is -2.63. The maximum Gasteiger partial charge on any atom is 0.303 e. The van der Waals surface area contributed by atoms with Crippen LogP contribution in [0.1, 0.15) is 69.4 Å². The van der Waals surface area contributed by atoms with Gasteiger partial charge >= 0.3 is 5.97 Å². The third-order valence-corrected chi connectivity index (χ3v) is 5.82. The molecule has 1 saturated carbocycles. The van der Waals surface area contributed by atoms with Crippen molar-refractivity contribution in [1.82, 2.24) is 9.55 Å². The molecule has 0 saturated heterocycles. The van der Waals surface area contributed by atoms with Crippen molar-refractivity contribution >= 4 is 11.7 Å². The highest BCUT2D eigenvalue weighted by Gasteiger charge is 2.28. The van der Waals surface area contributed by atoms with Crippen LogP contribution >= 0.6 is 0 Å². The first-order chi connectivity index (χ1) is 14.7. The number of hydrogen-bond acceptors (Lipinski definition) is 4. The number of hydrogen-bond donors (Lipinski definition) is 1. The molecule has 1 aromatic carbocycles. The predicted octanol–water partition coefficient (Wildman–Crippen LogP) is 5.26. The minimum absolute atomic E-state index is 0.0880. The van der Waals surface area contributed by atoms with Crippen molar-refractivity contribution in [2.45, 2.75) is 70.3 Å². The number of carboxylic acids is 1. The van der Waals surface area contributed by atoms with E-state index < -0.39 is 5.97 Å². The fourth-order valence-electron chi connectivity index (χ4n) is 4.20. The molecule has 30 heavy (non-hydrogen) atoms. The zero-order chi connectivity index (χ0) is 21.0. The number of oxime groups is 1. The zero-order valence-electron chi connectivity index (χ0n) is 17.7. The summed E-state index contributed by atoms with van der Waals surface area (Å²) >= 11 is 0. The smallest absolute Gasteiger partial charge is 0.303 e. The standard InChI is InChI=1S/C24H33N3O3/c28-23(29)14-8-3-9-17-30-26-24(21-12-6-2-7-13-21)22(27-16-15-25-19-27)18-20-10-4-1-5-11-20/h1,4-5,10-11,15-16,19,21-22H,2-3,6-9,12-14,17-18H2,(H,28,29). The predicted molar refractivity (Wildman–Crippen MR) is 117 cm³/mol. The Labute approximate surface area is 179 Å². The second-order valence-electron chi connectivity index (χ2n) is 8.10. The highest BCUT2D eigenvalue weighted by molar-refractivity contribution is 5.90. The van der Waals surface area contributed by atoms with Crippen molar-refractivity contribution in [2.24, 2.45) is 11.1 Å². The first-order valence-electron chi connectivity index (χ1n) is 11.2. The number of carboxylic acid groups (broad SMARTS) is 1. The van der Waals surface area contributed by atoms with Gasteiger partial charge in [-0.3, -0.25) is 4.79 Å². The number of carbonyl (C=O) groups is 1. The van der Waals surface area contributed by atoms with Crippen LogP contribution in [0.15, 0.2) is 54.2 Å². The number of benzene rings is 1. The van der Waals surface area contributed by atoms with E-state index in [-0.39, 0.29) is 12.5 Å². The summed E-state index contributed by atoms with van der Waals surface area (Å²) in [7, 11) is 0. The molecular formula is C24H33N3O3. The van der Waals surface area contributed by atoms with Crippen molar-refractivity contribution in [2.75, 3.05) is 6.61 Å². The Balaban J connectivity index is 1.71. The summed E-state index contributed by atoms with van der Waals surface area (Å²) in [5, 5.41) is 13.4. The van der Waals surface area contributed by atoms with E-state index >= 15 is 0 Å². The molecule has 0 bridgehead atoms. The zero-order valence-corrected chi connectivity index (χ0v) is 17.7. The molecule has 1 heterocycles. The Morgan fingerprint density at radius 2 is 1.97 bits per heavy atom. The van der Waals surface area contributed by atoms with Gasteiger partial charge in [-0.25, -0.2) is 4.98 Å². The molecule has 1 aliphatic rings. The topological polar surface area (TPSA) is 76.7 Å². The van der Waals surface area contributed by atoms with Gasteiger partial charge in [-0.2, -0.15) is 0 Å². The number of aromatic nitrogens is 2. The third-order valence-electron chi connectivity index (χ3n) is 5.82. The summed E-state index contributed by atoms with van der Waals surface area (Å²) in [6.07, 6.45) is 15.2. The molecule has 1 unspecified atom stereocenters. The molecule has 0 amide bonds. The first-order valence-corrected chi connectivity index (χ1v) is 11.2. The lowest BCUT2D eigenvalue weighted by atomic mass is 9.82. The van der Waals surface area contributed by atoms with Crippen LogP contribution in [-0.4, -0.2) is 32.9 Å². The molecule has 1 aromatic heterocycles. The lowest BCUT2D eigenvalue weighted by molar-refractivity contribution is -0.137. The van der Waals surface area contributed by atoms with Gasteiger partial charge in [0.15, 0.2) is 0 Å². The normalized spacial score (nSPS) is 16.3. The van der Waals surface area contributed by atoms with Gasteiger partial charge in [0.25, 0.3) is 0 Å². The number of nitrogens with zero attached hydrogens (tertiary/aromatic N) is 3. The van der Waals surface area contributed by atoms with Gasteiger partial charge in [-0.05, 0) is 44.1 Å². The van der Waals surface area contributed by atoms with Gasteiger partial charge < -0.3 is 14.5 Å². The van der Waals surface area contributed by atoms with Gasteiger partial charge in [0.1, 0.15) is 6.61 Å². The van der Waals surface area contributed by atoms with Crippen molar-refractivity contribution in [3.8, 4) is 0 Å². The van der Waals surface area contributed by atoms with Gasteiger partial charge in [0.05, 0.1) is 18.1 Å². The minimum Gasteiger partial charge on any atom is -0.481 e. The number of unbranched alkanes of at least 4 members (excludes halogenated alkanes) is 2. The lowest BCUT2D eigenvalue weighted by Gasteiger charge is -2.29. The molecule has 0 spiro atoms. The maximum absolute atomic E-state index is 10.6. The Morgan fingerprint density at radius 1 is 1.17 bits per heavy atom. The first kappa shape index (κ1) is 22.1. The van der Waals surface area contributed by atoms with Crippen LogP contribution in [-0.2, 0) is 16.1 Å². The molecule has 0 aliphatic heterocycles. The summed E-state index contributed by atoms with van der Waals surface area (Å²) in [6, 6.07) is 10.6. The largest absolute Gasteiger partial charge is 0.481 e. The van der Waals surface area contributed by atoms with Crippen molar-refractivity contribution < 1.29 is 14.7 Å². The van der Waals surface area contributed by atoms with E-state index in [1.165, 1.54) is 24.8 Å². The molecule has 0 radical (unpaired) electrons. The molecule has 1 fully saturated rings. The van der Waals surface area contributed by atoms with E-state index in [9.17, 15) is 4.79 Å². The summed E-state index contributed by atoms with van der Waals surface area (Å²) < 4.78 is 2.15. The molecule has 1 atom stereocenters. The van der Waals surface area contributed by atoms with Gasteiger partial charge in [0.2, 0.25) is 0 Å². The molecule has 6 heteroatoms. The second kappa shape index (κ2) is 12.2. The van der Waals surface area contributed by atoms with Crippen LogP contribution in [0.2, 0.25) is 0 Å². The average Bonchev–Trinajstić information content (AvgIpc) is 3.30. The fourth-order valence-corrected chi connectivity index (χ4v) is 4.20. The average molecular weight is 412 g/mol. The number of imidazole rings is 1. The highest BCUT2D eigenvalue weighted by atomic mass is 16.6. The molecule has 1 N–H and O–H groups in total. The van der Waals surface area contributed by atoms with E-state index in [1.54, 1.807) is 0 Å². The summed E-state index contributed by atoms with van der Waals surface area (Å²) in [5.74, 6) is -0.306. The molecule has 162 valence electrons. The van der Waals surface area contributed by atoms with Crippen molar-refractivity contribution in [1.29, 1.82) is 0 Å².